The average Bonchev–Trinajstić information content (AvgIpc) is 3.06. The summed E-state index contributed by atoms with van der Waals surface area (Å²) in [5, 5.41) is 3.45. The number of hydrogen-bond acceptors (Lipinski definition) is 5. The number of rotatable bonds is 4. The van der Waals surface area contributed by atoms with Crippen molar-refractivity contribution in [1.29, 1.82) is 0 Å². The third-order valence-corrected chi connectivity index (χ3v) is 4.69. The topological polar surface area (TPSA) is 58.4 Å². The summed E-state index contributed by atoms with van der Waals surface area (Å²) in [6.45, 7) is 5.06. The second-order valence-corrected chi connectivity index (χ2v) is 6.24. The van der Waals surface area contributed by atoms with Crippen LogP contribution in [-0.2, 0) is 0 Å². The van der Waals surface area contributed by atoms with Crippen LogP contribution in [0, 0.1) is 5.82 Å². The Balaban J connectivity index is 1.71. The minimum atomic E-state index is -0.314. The highest BCUT2D eigenvalue weighted by atomic mass is 19.1. The van der Waals surface area contributed by atoms with Gasteiger partial charge < -0.3 is 10.2 Å². The zero-order valence-electron chi connectivity index (χ0n) is 14.2. The molecule has 0 unspecified atom stereocenters. The van der Waals surface area contributed by atoms with Gasteiger partial charge in [0.15, 0.2) is 5.82 Å². The lowest BCUT2D eigenvalue weighted by Gasteiger charge is -2.34. The number of aromatic nitrogens is 4. The number of nitrogens with one attached hydrogen (secondary N) is 1. The van der Waals surface area contributed by atoms with Crippen molar-refractivity contribution >= 4 is 11.5 Å². The number of fused-ring (bicyclic) bond motifs is 1. The van der Waals surface area contributed by atoms with E-state index in [4.69, 9.17) is 4.98 Å². The van der Waals surface area contributed by atoms with E-state index < -0.39 is 0 Å². The molecule has 0 aliphatic carbocycles. The van der Waals surface area contributed by atoms with Crippen LogP contribution >= 0.6 is 0 Å². The maximum absolute atomic E-state index is 13.6. The van der Waals surface area contributed by atoms with Crippen LogP contribution < -0.4 is 10.2 Å². The molecule has 1 saturated heterocycles. The summed E-state index contributed by atoms with van der Waals surface area (Å²) in [4.78, 5) is 15.8. The second-order valence-electron chi connectivity index (χ2n) is 6.24. The summed E-state index contributed by atoms with van der Waals surface area (Å²) in [5.41, 5.74) is 1.36. The quantitative estimate of drug-likeness (QED) is 0.791. The molecule has 1 fully saturated rings. The van der Waals surface area contributed by atoms with Crippen LogP contribution in [0.15, 0.2) is 36.8 Å². The Morgan fingerprint density at radius 1 is 1.32 bits per heavy atom. The van der Waals surface area contributed by atoms with Crippen LogP contribution in [-0.4, -0.2) is 45.0 Å². The number of pyridine rings is 1. The first kappa shape index (κ1) is 16.0. The maximum atomic E-state index is 13.6. The molecular formula is C18H21FN6. The van der Waals surface area contributed by atoms with Crippen molar-refractivity contribution in [3.05, 3.63) is 42.6 Å². The van der Waals surface area contributed by atoms with Crippen LogP contribution in [0.2, 0.25) is 0 Å². The zero-order chi connectivity index (χ0) is 17.2. The summed E-state index contributed by atoms with van der Waals surface area (Å²) in [6.07, 6.45) is 7.19. The number of likely N-dealkylation sites (N-methyl/N-ethyl adjacent to an activating group) is 1. The van der Waals surface area contributed by atoms with Crippen molar-refractivity contribution < 1.29 is 4.39 Å². The van der Waals surface area contributed by atoms with Gasteiger partial charge in [0.25, 0.3) is 0 Å². The number of halogens is 1. The lowest BCUT2D eigenvalue weighted by atomic mass is 10.1. The van der Waals surface area contributed by atoms with Crippen LogP contribution in [0.25, 0.3) is 17.2 Å². The highest BCUT2D eigenvalue weighted by Gasteiger charge is 2.21. The van der Waals surface area contributed by atoms with Crippen molar-refractivity contribution in [3.8, 4) is 11.5 Å². The molecule has 3 aromatic heterocycles. The fraction of sp³-hybridized carbons (Fsp3) is 0.389. The molecular weight excluding hydrogens is 319 g/mol. The fourth-order valence-corrected chi connectivity index (χ4v) is 3.46. The van der Waals surface area contributed by atoms with E-state index in [1.165, 1.54) is 18.7 Å². The Labute approximate surface area is 145 Å². The lowest BCUT2D eigenvalue weighted by Crippen LogP contribution is -2.46. The van der Waals surface area contributed by atoms with Crippen molar-refractivity contribution in [1.82, 2.24) is 24.7 Å². The molecule has 7 heteroatoms. The lowest BCUT2D eigenvalue weighted by molar-refractivity contribution is 0.433. The van der Waals surface area contributed by atoms with Crippen molar-refractivity contribution in [2.75, 3.05) is 24.5 Å². The molecule has 4 rings (SSSR count). The van der Waals surface area contributed by atoms with Crippen LogP contribution in [0.5, 0.6) is 0 Å². The minimum absolute atomic E-state index is 0.314. The first-order chi connectivity index (χ1) is 12.3. The number of hydrogen-bond donors (Lipinski definition) is 1. The molecule has 6 nitrogen and oxygen atoms in total. The summed E-state index contributed by atoms with van der Waals surface area (Å²) < 4.78 is 15.3. The molecule has 130 valence electrons. The summed E-state index contributed by atoms with van der Waals surface area (Å²) in [7, 11) is 0. The SMILES string of the molecule is CCN(c1ccnc(-c2cnc3ccc(F)cn23)n1)[C@@H]1CCCNC1. The zero-order valence-corrected chi connectivity index (χ0v) is 14.2. The summed E-state index contributed by atoms with van der Waals surface area (Å²) >= 11 is 0. The molecule has 1 aliphatic rings. The van der Waals surface area contributed by atoms with Crippen molar-refractivity contribution in [2.24, 2.45) is 0 Å². The van der Waals surface area contributed by atoms with E-state index >= 15 is 0 Å². The number of piperidine rings is 1. The van der Waals surface area contributed by atoms with Gasteiger partial charge in [0.2, 0.25) is 0 Å². The highest BCUT2D eigenvalue weighted by Crippen LogP contribution is 2.23. The predicted molar refractivity (Wildman–Crippen MR) is 95.1 cm³/mol. The van der Waals surface area contributed by atoms with Gasteiger partial charge in [0.1, 0.15) is 23.0 Å². The van der Waals surface area contributed by atoms with Gasteiger partial charge in [-0.2, -0.15) is 0 Å². The molecule has 3 aromatic rings. The minimum Gasteiger partial charge on any atom is -0.353 e. The van der Waals surface area contributed by atoms with E-state index in [0.717, 1.165) is 31.9 Å². The van der Waals surface area contributed by atoms with E-state index in [-0.39, 0.29) is 5.82 Å². The molecule has 0 saturated carbocycles. The second kappa shape index (κ2) is 6.76. The largest absolute Gasteiger partial charge is 0.353 e. The van der Waals surface area contributed by atoms with Gasteiger partial charge in [0, 0.05) is 31.5 Å². The van der Waals surface area contributed by atoms with E-state index in [0.29, 0.717) is 23.2 Å². The van der Waals surface area contributed by atoms with Crippen molar-refractivity contribution in [2.45, 2.75) is 25.8 Å². The average molecular weight is 340 g/mol. The Hall–Kier alpha value is -2.54. The first-order valence-electron chi connectivity index (χ1n) is 8.69. The Bertz CT molecular complexity index is 871. The first-order valence-corrected chi connectivity index (χ1v) is 8.69. The van der Waals surface area contributed by atoms with Gasteiger partial charge in [0.05, 0.1) is 6.20 Å². The van der Waals surface area contributed by atoms with Crippen LogP contribution in [0.3, 0.4) is 0 Å². The molecule has 1 N–H and O–H groups in total. The number of imidazole rings is 1. The predicted octanol–water partition coefficient (Wildman–Crippen LogP) is 2.51. The van der Waals surface area contributed by atoms with Crippen LogP contribution in [0.1, 0.15) is 19.8 Å². The molecule has 0 amide bonds. The van der Waals surface area contributed by atoms with Crippen molar-refractivity contribution in [3.63, 3.8) is 0 Å². The van der Waals surface area contributed by atoms with E-state index in [9.17, 15) is 4.39 Å². The van der Waals surface area contributed by atoms with Gasteiger partial charge in [-0.25, -0.2) is 19.3 Å². The molecule has 0 radical (unpaired) electrons. The molecule has 0 spiro atoms. The number of nitrogens with zero attached hydrogens (tertiary/aromatic N) is 5. The van der Waals surface area contributed by atoms with Gasteiger partial charge in [-0.1, -0.05) is 0 Å². The molecule has 1 aliphatic heterocycles. The Morgan fingerprint density at radius 3 is 3.04 bits per heavy atom. The molecule has 0 bridgehead atoms. The molecule has 1 atom stereocenters. The van der Waals surface area contributed by atoms with Crippen LogP contribution in [0.4, 0.5) is 10.2 Å². The normalized spacial score (nSPS) is 17.8. The Morgan fingerprint density at radius 2 is 2.24 bits per heavy atom. The molecule has 25 heavy (non-hydrogen) atoms. The van der Waals surface area contributed by atoms with Gasteiger partial charge in [-0.05, 0) is 44.5 Å². The monoisotopic (exact) mass is 340 g/mol. The third-order valence-electron chi connectivity index (χ3n) is 4.69. The highest BCUT2D eigenvalue weighted by molar-refractivity contribution is 5.58. The van der Waals surface area contributed by atoms with Gasteiger partial charge >= 0.3 is 0 Å². The third kappa shape index (κ3) is 3.07. The van der Waals surface area contributed by atoms with Gasteiger partial charge in [-0.3, -0.25) is 4.40 Å². The van der Waals surface area contributed by atoms with E-state index in [1.54, 1.807) is 22.9 Å². The summed E-state index contributed by atoms with van der Waals surface area (Å²) in [5.74, 6) is 1.14. The molecule has 0 aromatic carbocycles. The van der Waals surface area contributed by atoms with E-state index in [2.05, 4.69) is 27.1 Å². The Kier molecular flexibility index (Phi) is 4.31. The fourth-order valence-electron chi connectivity index (χ4n) is 3.46. The molecule has 4 heterocycles. The smallest absolute Gasteiger partial charge is 0.180 e. The summed E-state index contributed by atoms with van der Waals surface area (Å²) in [6, 6.07) is 5.42. The standard InChI is InChI=1S/C18H21FN6/c1-2-24(14-4-3-8-20-10-14)17-7-9-21-18(23-17)15-11-22-16-6-5-13(19)12-25(15)16/h5-7,9,11-12,14,20H,2-4,8,10H2,1H3/t14-/m1/s1. The maximum Gasteiger partial charge on any atom is 0.180 e. The van der Waals surface area contributed by atoms with E-state index in [1.807, 2.05) is 6.07 Å². The number of anilines is 1. The van der Waals surface area contributed by atoms with Gasteiger partial charge in [-0.15, -0.1) is 0 Å².